The zero-order valence-electron chi connectivity index (χ0n) is 6.16. The lowest BCUT2D eigenvalue weighted by Gasteiger charge is -1.94. The monoisotopic (exact) mass is 139 g/mol. The molecular formula is C7H11N2O+. The highest BCUT2D eigenvalue weighted by atomic mass is 16.6. The van der Waals surface area contributed by atoms with Gasteiger partial charge in [0.05, 0.1) is 0 Å². The fourth-order valence-electron chi connectivity index (χ4n) is 0.829. The van der Waals surface area contributed by atoms with Crippen LogP contribution in [0.1, 0.15) is 5.69 Å². The molecule has 0 unspecified atom stereocenters. The Morgan fingerprint density at radius 3 is 2.80 bits per heavy atom. The maximum atomic E-state index is 5.51. The molecule has 0 bridgehead atoms. The zero-order chi connectivity index (χ0) is 7.56. The van der Waals surface area contributed by atoms with Crippen LogP contribution in [0.3, 0.4) is 0 Å². The Kier molecular flexibility index (Phi) is 1.76. The van der Waals surface area contributed by atoms with Crippen LogP contribution in [0.5, 0.6) is 0 Å². The molecular weight excluding hydrogens is 128 g/mol. The van der Waals surface area contributed by atoms with Crippen LogP contribution in [-0.2, 0) is 0 Å². The summed E-state index contributed by atoms with van der Waals surface area (Å²) in [6.07, 6.45) is 1.78. The van der Waals surface area contributed by atoms with Gasteiger partial charge in [-0.05, 0) is 0 Å². The number of pyridine rings is 1. The quantitative estimate of drug-likeness (QED) is 0.553. The Hall–Kier alpha value is -1.25. The summed E-state index contributed by atoms with van der Waals surface area (Å²) in [6, 6.07) is 3.64. The van der Waals surface area contributed by atoms with Gasteiger partial charge in [0, 0.05) is 29.5 Å². The lowest BCUT2D eigenvalue weighted by molar-refractivity contribution is -0.889. The van der Waals surface area contributed by atoms with Gasteiger partial charge < -0.3 is 5.73 Å². The van der Waals surface area contributed by atoms with E-state index in [1.54, 1.807) is 24.1 Å². The van der Waals surface area contributed by atoms with E-state index in [1.165, 1.54) is 0 Å². The molecule has 1 aromatic heterocycles. The van der Waals surface area contributed by atoms with Crippen molar-refractivity contribution in [3.63, 3.8) is 0 Å². The zero-order valence-corrected chi connectivity index (χ0v) is 6.16. The van der Waals surface area contributed by atoms with Crippen molar-refractivity contribution in [2.75, 3.05) is 12.8 Å². The molecule has 0 atom stereocenters. The third kappa shape index (κ3) is 1.18. The number of rotatable bonds is 1. The molecule has 0 aliphatic carbocycles. The van der Waals surface area contributed by atoms with Gasteiger partial charge in [-0.2, -0.15) is 0 Å². The van der Waals surface area contributed by atoms with Gasteiger partial charge in [0.25, 0.3) is 0 Å². The molecule has 0 aliphatic rings. The molecule has 0 aromatic carbocycles. The topological polar surface area (TPSA) is 39.1 Å². The first kappa shape index (κ1) is 6.86. The second-order valence-corrected chi connectivity index (χ2v) is 2.11. The van der Waals surface area contributed by atoms with Gasteiger partial charge in [-0.25, -0.2) is 0 Å². The number of aryl methyl sites for hydroxylation is 1. The van der Waals surface area contributed by atoms with Gasteiger partial charge in [0.1, 0.15) is 7.11 Å². The van der Waals surface area contributed by atoms with Gasteiger partial charge in [0.15, 0.2) is 0 Å². The van der Waals surface area contributed by atoms with Crippen LogP contribution < -0.4 is 15.3 Å². The van der Waals surface area contributed by atoms with Gasteiger partial charge in [-0.3, -0.25) is 4.84 Å². The minimum atomic E-state index is 0.755. The molecule has 1 aromatic rings. The minimum absolute atomic E-state index is 0.755. The van der Waals surface area contributed by atoms with Crippen molar-refractivity contribution >= 4 is 5.69 Å². The summed E-state index contributed by atoms with van der Waals surface area (Å²) in [5.74, 6) is 0. The average Bonchev–Trinajstić information content (AvgIpc) is 1.88. The second kappa shape index (κ2) is 2.56. The van der Waals surface area contributed by atoms with E-state index in [4.69, 9.17) is 10.6 Å². The van der Waals surface area contributed by atoms with E-state index >= 15 is 0 Å². The molecule has 2 N–H and O–H groups in total. The second-order valence-electron chi connectivity index (χ2n) is 2.11. The first-order valence-corrected chi connectivity index (χ1v) is 3.06. The molecule has 10 heavy (non-hydrogen) atoms. The van der Waals surface area contributed by atoms with Gasteiger partial charge in [-0.1, -0.05) is 0 Å². The van der Waals surface area contributed by atoms with Crippen LogP contribution in [-0.4, -0.2) is 7.11 Å². The molecule has 3 heteroatoms. The standard InChI is InChI=1S/C7H10N2O/c1-6-5-7(8)3-4-9(6)10-2/h3-5,8H,1-2H3/p+1. The van der Waals surface area contributed by atoms with Gasteiger partial charge >= 0.3 is 0 Å². The summed E-state index contributed by atoms with van der Waals surface area (Å²) in [6.45, 7) is 1.93. The van der Waals surface area contributed by atoms with E-state index in [1.807, 2.05) is 13.0 Å². The highest BCUT2D eigenvalue weighted by Crippen LogP contribution is 1.97. The number of nitrogens with zero attached hydrogens (tertiary/aromatic N) is 1. The molecule has 3 nitrogen and oxygen atoms in total. The summed E-state index contributed by atoms with van der Waals surface area (Å²) in [7, 11) is 1.61. The SMILES string of the molecule is CO[n+]1ccc(N)cc1C. The van der Waals surface area contributed by atoms with E-state index in [-0.39, 0.29) is 0 Å². The molecule has 0 fully saturated rings. The number of hydrogen-bond donors (Lipinski definition) is 1. The van der Waals surface area contributed by atoms with Crippen molar-refractivity contribution < 1.29 is 9.57 Å². The molecule has 54 valence electrons. The van der Waals surface area contributed by atoms with Crippen molar-refractivity contribution in [2.45, 2.75) is 6.92 Å². The van der Waals surface area contributed by atoms with Crippen LogP contribution in [0.25, 0.3) is 0 Å². The molecule has 0 amide bonds. The molecule has 0 saturated heterocycles. The number of anilines is 1. The smallest absolute Gasteiger partial charge is 0.233 e. The lowest BCUT2D eigenvalue weighted by atomic mass is 10.3. The minimum Gasteiger partial charge on any atom is -0.398 e. The summed E-state index contributed by atoms with van der Waals surface area (Å²) in [5.41, 5.74) is 7.26. The van der Waals surface area contributed by atoms with Crippen molar-refractivity contribution in [1.29, 1.82) is 0 Å². The maximum absolute atomic E-state index is 5.51. The maximum Gasteiger partial charge on any atom is 0.233 e. The van der Waals surface area contributed by atoms with E-state index in [2.05, 4.69) is 0 Å². The average molecular weight is 139 g/mol. The predicted molar refractivity (Wildman–Crippen MR) is 38.3 cm³/mol. The van der Waals surface area contributed by atoms with Crippen LogP contribution in [0.2, 0.25) is 0 Å². The highest BCUT2D eigenvalue weighted by Gasteiger charge is 2.03. The number of hydrogen-bond acceptors (Lipinski definition) is 2. The Labute approximate surface area is 60.0 Å². The molecule has 0 radical (unpaired) electrons. The number of nitrogen functional groups attached to an aromatic ring is 1. The molecule has 1 rings (SSSR count). The van der Waals surface area contributed by atoms with Gasteiger partial charge in [-0.15, -0.1) is 0 Å². The Bertz CT molecular complexity index is 235. The highest BCUT2D eigenvalue weighted by molar-refractivity contribution is 5.34. The van der Waals surface area contributed by atoms with E-state index in [9.17, 15) is 0 Å². The Balaban J connectivity index is 3.07. The van der Waals surface area contributed by atoms with Crippen LogP contribution >= 0.6 is 0 Å². The predicted octanol–water partition coefficient (Wildman–Crippen LogP) is -0.0769. The van der Waals surface area contributed by atoms with Crippen molar-refractivity contribution in [3.8, 4) is 0 Å². The summed E-state index contributed by atoms with van der Waals surface area (Å²) in [4.78, 5) is 4.96. The summed E-state index contributed by atoms with van der Waals surface area (Å²) >= 11 is 0. The van der Waals surface area contributed by atoms with Gasteiger partial charge in [0.2, 0.25) is 11.9 Å². The lowest BCUT2D eigenvalue weighted by Crippen LogP contribution is -2.42. The molecule has 1 heterocycles. The van der Waals surface area contributed by atoms with E-state index < -0.39 is 0 Å². The molecule has 0 saturated carbocycles. The van der Waals surface area contributed by atoms with Crippen LogP contribution in [0.4, 0.5) is 5.69 Å². The Morgan fingerprint density at radius 2 is 2.30 bits per heavy atom. The third-order valence-electron chi connectivity index (χ3n) is 1.32. The number of nitrogens with two attached hydrogens (primary N) is 1. The largest absolute Gasteiger partial charge is 0.398 e. The van der Waals surface area contributed by atoms with Crippen LogP contribution in [0, 0.1) is 6.92 Å². The van der Waals surface area contributed by atoms with Crippen molar-refractivity contribution in [2.24, 2.45) is 0 Å². The first-order valence-electron chi connectivity index (χ1n) is 3.06. The fraction of sp³-hybridized carbons (Fsp3) is 0.286. The molecule has 0 aliphatic heterocycles. The molecule has 0 spiro atoms. The van der Waals surface area contributed by atoms with Crippen molar-refractivity contribution in [1.82, 2.24) is 0 Å². The summed E-state index contributed by atoms with van der Waals surface area (Å²) < 4.78 is 1.65. The van der Waals surface area contributed by atoms with Crippen LogP contribution in [0.15, 0.2) is 18.3 Å². The third-order valence-corrected chi connectivity index (χ3v) is 1.32. The normalized spacial score (nSPS) is 9.40. The number of aromatic nitrogens is 1. The van der Waals surface area contributed by atoms with Crippen molar-refractivity contribution in [3.05, 3.63) is 24.0 Å². The van der Waals surface area contributed by atoms with E-state index in [0.717, 1.165) is 11.4 Å². The summed E-state index contributed by atoms with van der Waals surface area (Å²) in [5, 5.41) is 0. The fourth-order valence-corrected chi connectivity index (χ4v) is 0.829. The first-order chi connectivity index (χ1) is 4.74. The van der Waals surface area contributed by atoms with E-state index in [0.29, 0.717) is 0 Å². The Morgan fingerprint density at radius 1 is 1.60 bits per heavy atom.